The van der Waals surface area contributed by atoms with E-state index in [-0.39, 0.29) is 36.7 Å². The van der Waals surface area contributed by atoms with Gasteiger partial charge in [0.25, 0.3) is 5.91 Å². The normalized spacial score (nSPS) is 11.2. The number of benzene rings is 1. The molecule has 1 rings (SSSR count). The maximum absolute atomic E-state index is 12.0. The van der Waals surface area contributed by atoms with Crippen molar-refractivity contribution < 1.29 is 19.1 Å². The Morgan fingerprint density at radius 1 is 1.23 bits per heavy atom. The zero-order valence-corrected chi connectivity index (χ0v) is 16.5. The fraction of sp³-hybridized carbons (Fsp3) is 0.471. The van der Waals surface area contributed by atoms with E-state index in [9.17, 15) is 14.4 Å². The Bertz CT molecular complexity index is 650. The van der Waals surface area contributed by atoms with Crippen LogP contribution in [-0.4, -0.2) is 56.4 Å². The van der Waals surface area contributed by atoms with E-state index in [0.717, 1.165) is 0 Å². The number of nitrogens with one attached hydrogen (secondary N) is 2. The first-order chi connectivity index (χ1) is 11.7. The third-order valence-electron chi connectivity index (χ3n) is 3.57. The van der Waals surface area contributed by atoms with E-state index in [1.807, 2.05) is 13.8 Å². The number of amides is 3. The maximum Gasteiger partial charge on any atom is 0.253 e. The summed E-state index contributed by atoms with van der Waals surface area (Å²) in [5.74, 6) is -0.652. The van der Waals surface area contributed by atoms with Gasteiger partial charge in [-0.3, -0.25) is 14.4 Å². The van der Waals surface area contributed by atoms with E-state index in [4.69, 9.17) is 10.5 Å². The zero-order valence-electron chi connectivity index (χ0n) is 15.7. The summed E-state index contributed by atoms with van der Waals surface area (Å²) < 4.78 is 5.22. The molecule has 4 N–H and O–H groups in total. The molecule has 8 nitrogen and oxygen atoms in total. The number of anilines is 1. The molecule has 0 fully saturated rings. The predicted molar refractivity (Wildman–Crippen MR) is 103 cm³/mol. The van der Waals surface area contributed by atoms with E-state index in [1.165, 1.54) is 12.0 Å². The van der Waals surface area contributed by atoms with Crippen LogP contribution < -0.4 is 21.1 Å². The van der Waals surface area contributed by atoms with E-state index >= 15 is 0 Å². The second kappa shape index (κ2) is 10.6. The van der Waals surface area contributed by atoms with Crippen LogP contribution in [-0.2, 0) is 9.59 Å². The fourth-order valence-electron chi connectivity index (χ4n) is 1.97. The molecular formula is C17H27ClN4O4. The van der Waals surface area contributed by atoms with Crippen LogP contribution in [0.5, 0.6) is 5.75 Å². The summed E-state index contributed by atoms with van der Waals surface area (Å²) in [5.41, 5.74) is 6.56. The molecule has 1 aromatic rings. The van der Waals surface area contributed by atoms with Crippen molar-refractivity contribution in [3.05, 3.63) is 23.8 Å². The van der Waals surface area contributed by atoms with Crippen molar-refractivity contribution in [2.75, 3.05) is 33.1 Å². The van der Waals surface area contributed by atoms with E-state index < -0.39 is 11.9 Å². The summed E-state index contributed by atoms with van der Waals surface area (Å²) in [6.45, 7) is 3.44. The van der Waals surface area contributed by atoms with Gasteiger partial charge in [-0.2, -0.15) is 0 Å². The van der Waals surface area contributed by atoms with E-state index in [0.29, 0.717) is 17.0 Å². The van der Waals surface area contributed by atoms with Crippen molar-refractivity contribution in [3.8, 4) is 5.75 Å². The molecule has 0 unspecified atom stereocenters. The molecule has 0 saturated heterocycles. The minimum atomic E-state index is -0.668. The topological polar surface area (TPSA) is 114 Å². The number of nitrogens with two attached hydrogens (primary N) is 1. The molecule has 0 aliphatic rings. The van der Waals surface area contributed by atoms with Crippen molar-refractivity contribution in [1.82, 2.24) is 10.2 Å². The van der Waals surface area contributed by atoms with E-state index in [2.05, 4.69) is 10.6 Å². The number of hydrogen-bond acceptors (Lipinski definition) is 5. The Labute approximate surface area is 159 Å². The van der Waals surface area contributed by atoms with Gasteiger partial charge in [-0.1, -0.05) is 13.8 Å². The molecule has 9 heteroatoms. The molecule has 0 aliphatic carbocycles. The summed E-state index contributed by atoms with van der Waals surface area (Å²) in [6.07, 6.45) is 0. The van der Waals surface area contributed by atoms with Gasteiger partial charge >= 0.3 is 0 Å². The molecule has 26 heavy (non-hydrogen) atoms. The van der Waals surface area contributed by atoms with Gasteiger partial charge in [0.05, 0.1) is 25.4 Å². The number of methoxy groups -OCH3 is 1. The lowest BCUT2D eigenvalue weighted by Gasteiger charge is -2.16. The fourth-order valence-corrected chi connectivity index (χ4v) is 1.97. The van der Waals surface area contributed by atoms with Crippen LogP contribution in [0.4, 0.5) is 5.69 Å². The molecule has 1 atom stereocenters. The van der Waals surface area contributed by atoms with E-state index in [1.54, 1.807) is 32.3 Å². The maximum atomic E-state index is 12.0. The van der Waals surface area contributed by atoms with Gasteiger partial charge in [-0.25, -0.2) is 0 Å². The highest BCUT2D eigenvalue weighted by molar-refractivity contribution is 5.98. The Hall–Kier alpha value is -2.32. The monoisotopic (exact) mass is 386 g/mol. The number of rotatable bonds is 7. The Kier molecular flexibility index (Phi) is 9.67. The summed E-state index contributed by atoms with van der Waals surface area (Å²) >= 11 is 0. The number of ether oxygens (including phenoxy) is 1. The molecule has 1 aromatic carbocycles. The molecule has 146 valence electrons. The highest BCUT2D eigenvalue weighted by Gasteiger charge is 2.18. The molecule has 0 aliphatic heterocycles. The second-order valence-corrected chi connectivity index (χ2v) is 6.15. The summed E-state index contributed by atoms with van der Waals surface area (Å²) in [5, 5.41) is 5.12. The molecule has 0 bridgehead atoms. The molecule has 0 aromatic heterocycles. The number of carbonyl (C=O) groups is 3. The molecular weight excluding hydrogens is 360 g/mol. The van der Waals surface area contributed by atoms with Crippen molar-refractivity contribution >= 4 is 35.8 Å². The van der Waals surface area contributed by atoms with Gasteiger partial charge < -0.3 is 26.0 Å². The van der Waals surface area contributed by atoms with Crippen LogP contribution in [0.2, 0.25) is 0 Å². The molecule has 0 spiro atoms. The Balaban J connectivity index is 0.00000625. The predicted octanol–water partition coefficient (Wildman–Crippen LogP) is 0.857. The van der Waals surface area contributed by atoms with Crippen molar-refractivity contribution in [3.63, 3.8) is 0 Å². The van der Waals surface area contributed by atoms with Gasteiger partial charge in [0.15, 0.2) is 0 Å². The van der Waals surface area contributed by atoms with Gasteiger partial charge in [0.1, 0.15) is 5.75 Å². The van der Waals surface area contributed by atoms with Gasteiger partial charge in [-0.15, -0.1) is 12.4 Å². The van der Waals surface area contributed by atoms with Crippen LogP contribution in [0.3, 0.4) is 0 Å². The summed E-state index contributed by atoms with van der Waals surface area (Å²) in [4.78, 5) is 37.2. The number of nitrogens with zero attached hydrogens (tertiary/aromatic N) is 1. The lowest BCUT2D eigenvalue weighted by molar-refractivity contribution is -0.125. The first-order valence-corrected chi connectivity index (χ1v) is 7.90. The van der Waals surface area contributed by atoms with Crippen LogP contribution in [0, 0.1) is 5.92 Å². The highest BCUT2D eigenvalue weighted by Crippen LogP contribution is 2.26. The summed E-state index contributed by atoms with van der Waals surface area (Å²) in [6, 6.07) is 4.05. The zero-order chi connectivity index (χ0) is 19.1. The standard InChI is InChI=1S/C17H26N4O4.ClH/c1-10(2)15(18)16(23)19-9-14(22)20-12-7-6-11(8-13(12)25-5)17(24)21(3)4;/h6-8,10,15H,9,18H2,1-5H3,(H,19,23)(H,20,22);1H/t15-;/m0./s1. The first kappa shape index (κ1) is 23.7. The summed E-state index contributed by atoms with van der Waals surface area (Å²) in [7, 11) is 4.74. The minimum Gasteiger partial charge on any atom is -0.495 e. The smallest absolute Gasteiger partial charge is 0.253 e. The molecule has 0 heterocycles. The van der Waals surface area contributed by atoms with Crippen LogP contribution in [0.15, 0.2) is 18.2 Å². The van der Waals surface area contributed by atoms with Crippen molar-refractivity contribution in [2.24, 2.45) is 11.7 Å². The SMILES string of the molecule is COc1cc(C(=O)N(C)C)ccc1NC(=O)CNC(=O)[C@@H](N)C(C)C.Cl. The quantitative estimate of drug-likeness (QED) is 0.643. The number of halogens is 1. The van der Waals surface area contributed by atoms with Crippen LogP contribution >= 0.6 is 12.4 Å². The third kappa shape index (κ3) is 6.53. The highest BCUT2D eigenvalue weighted by atomic mass is 35.5. The average molecular weight is 387 g/mol. The van der Waals surface area contributed by atoms with Crippen molar-refractivity contribution in [2.45, 2.75) is 19.9 Å². The largest absolute Gasteiger partial charge is 0.495 e. The average Bonchev–Trinajstić information content (AvgIpc) is 2.58. The van der Waals surface area contributed by atoms with Gasteiger partial charge in [0.2, 0.25) is 11.8 Å². The number of hydrogen-bond donors (Lipinski definition) is 3. The molecule has 0 saturated carbocycles. The minimum absolute atomic E-state index is 0. The Morgan fingerprint density at radius 3 is 2.35 bits per heavy atom. The first-order valence-electron chi connectivity index (χ1n) is 7.90. The van der Waals surface area contributed by atoms with Gasteiger partial charge in [0, 0.05) is 19.7 Å². The van der Waals surface area contributed by atoms with Crippen molar-refractivity contribution in [1.29, 1.82) is 0 Å². The van der Waals surface area contributed by atoms with Crippen LogP contribution in [0.1, 0.15) is 24.2 Å². The lowest BCUT2D eigenvalue weighted by atomic mass is 10.1. The second-order valence-electron chi connectivity index (χ2n) is 6.15. The molecule has 3 amide bonds. The lowest BCUT2D eigenvalue weighted by Crippen LogP contribution is -2.46. The third-order valence-corrected chi connectivity index (χ3v) is 3.57. The number of carbonyl (C=O) groups excluding carboxylic acids is 3. The van der Waals surface area contributed by atoms with Gasteiger partial charge in [-0.05, 0) is 24.1 Å². The molecule has 0 radical (unpaired) electrons. The van der Waals surface area contributed by atoms with Crippen LogP contribution in [0.25, 0.3) is 0 Å². The Morgan fingerprint density at radius 2 is 1.85 bits per heavy atom.